The number of ether oxygens (including phenoxy) is 2. The van der Waals surface area contributed by atoms with Crippen LogP contribution in [0.4, 0.5) is 0 Å². The third-order valence-electron chi connectivity index (χ3n) is 6.52. The minimum atomic E-state index is 0.384. The predicted octanol–water partition coefficient (Wildman–Crippen LogP) is 3.24. The van der Waals surface area contributed by atoms with Crippen LogP contribution in [0.2, 0.25) is 0 Å². The molecular formula is C20H33N3O2. The molecule has 140 valence electrons. The third-order valence-corrected chi connectivity index (χ3v) is 6.52. The first-order chi connectivity index (χ1) is 12.2. The highest BCUT2D eigenvalue weighted by Crippen LogP contribution is 2.35. The van der Waals surface area contributed by atoms with Crippen molar-refractivity contribution in [1.29, 1.82) is 0 Å². The Balaban J connectivity index is 1.50. The van der Waals surface area contributed by atoms with Gasteiger partial charge in [-0.1, -0.05) is 19.3 Å². The van der Waals surface area contributed by atoms with Gasteiger partial charge in [0.1, 0.15) is 0 Å². The summed E-state index contributed by atoms with van der Waals surface area (Å²) in [4.78, 5) is 2.64. The van der Waals surface area contributed by atoms with Gasteiger partial charge in [0.2, 0.25) is 0 Å². The third kappa shape index (κ3) is 3.79. The first-order valence-electron chi connectivity index (χ1n) is 10.2. The number of nitrogens with zero attached hydrogens (tertiary/aromatic N) is 3. The molecule has 5 nitrogen and oxygen atoms in total. The van der Waals surface area contributed by atoms with E-state index in [9.17, 15) is 0 Å². The van der Waals surface area contributed by atoms with Crippen molar-refractivity contribution in [3.05, 3.63) is 17.5 Å². The molecule has 3 aliphatic rings. The fraction of sp³-hybridized carbons (Fsp3) is 0.850. The fourth-order valence-corrected chi connectivity index (χ4v) is 5.17. The number of hydrogen-bond acceptors (Lipinski definition) is 4. The molecule has 4 rings (SSSR count). The van der Waals surface area contributed by atoms with E-state index in [0.717, 1.165) is 39.0 Å². The van der Waals surface area contributed by atoms with E-state index in [1.807, 2.05) is 11.8 Å². The number of aryl methyl sites for hydroxylation is 1. The lowest BCUT2D eigenvalue weighted by atomic mass is 9.85. The zero-order valence-electron chi connectivity index (χ0n) is 15.8. The molecule has 0 spiro atoms. The molecule has 1 aliphatic heterocycles. The van der Waals surface area contributed by atoms with Gasteiger partial charge in [-0.25, -0.2) is 0 Å². The van der Waals surface area contributed by atoms with Crippen molar-refractivity contribution in [2.45, 2.75) is 82.1 Å². The zero-order valence-corrected chi connectivity index (χ0v) is 15.8. The van der Waals surface area contributed by atoms with Gasteiger partial charge in [0, 0.05) is 51.0 Å². The summed E-state index contributed by atoms with van der Waals surface area (Å²) < 4.78 is 13.8. The Morgan fingerprint density at radius 2 is 2.04 bits per heavy atom. The van der Waals surface area contributed by atoms with E-state index >= 15 is 0 Å². The second-order valence-electron chi connectivity index (χ2n) is 8.17. The number of methoxy groups -OCH3 is 1. The van der Waals surface area contributed by atoms with Crippen molar-refractivity contribution >= 4 is 0 Å². The topological polar surface area (TPSA) is 39.5 Å². The van der Waals surface area contributed by atoms with E-state index in [1.165, 1.54) is 43.4 Å². The molecule has 2 aliphatic carbocycles. The highest BCUT2D eigenvalue weighted by molar-refractivity contribution is 5.22. The van der Waals surface area contributed by atoms with Crippen molar-refractivity contribution in [1.82, 2.24) is 14.7 Å². The van der Waals surface area contributed by atoms with E-state index in [-0.39, 0.29) is 0 Å². The summed E-state index contributed by atoms with van der Waals surface area (Å²) in [6.07, 6.45) is 13.1. The SMILES string of the molecule is CO[C@@H]1CC[C@@H]2OCCN(Cc3cn(C)nc3C3CCCCC3)[C@H]2C1. The minimum Gasteiger partial charge on any atom is -0.381 e. The van der Waals surface area contributed by atoms with Crippen molar-refractivity contribution in [2.24, 2.45) is 7.05 Å². The summed E-state index contributed by atoms with van der Waals surface area (Å²) in [7, 11) is 3.92. The van der Waals surface area contributed by atoms with Gasteiger partial charge in [0.25, 0.3) is 0 Å². The molecule has 1 aromatic heterocycles. The van der Waals surface area contributed by atoms with Gasteiger partial charge in [-0.05, 0) is 32.1 Å². The van der Waals surface area contributed by atoms with Gasteiger partial charge in [0.05, 0.1) is 24.5 Å². The van der Waals surface area contributed by atoms with E-state index in [4.69, 9.17) is 14.6 Å². The Morgan fingerprint density at radius 3 is 2.84 bits per heavy atom. The summed E-state index contributed by atoms with van der Waals surface area (Å²) in [5.74, 6) is 0.667. The lowest BCUT2D eigenvalue weighted by molar-refractivity contribution is -0.116. The highest BCUT2D eigenvalue weighted by Gasteiger charge is 2.38. The van der Waals surface area contributed by atoms with E-state index in [0.29, 0.717) is 24.2 Å². The van der Waals surface area contributed by atoms with Crippen LogP contribution in [0, 0.1) is 0 Å². The van der Waals surface area contributed by atoms with Crippen LogP contribution in [0.25, 0.3) is 0 Å². The number of aromatic nitrogens is 2. The van der Waals surface area contributed by atoms with Crippen molar-refractivity contribution in [3.63, 3.8) is 0 Å². The molecule has 0 bridgehead atoms. The standard InChI is InChI=1S/C20H33N3O2/c1-22-13-16(20(21-22)15-6-4-3-5-7-15)14-23-10-11-25-19-9-8-17(24-2)12-18(19)23/h13,15,17-19H,3-12,14H2,1-2H3/t17-,18+,19+/m1/s1. The molecule has 1 aromatic rings. The fourth-order valence-electron chi connectivity index (χ4n) is 5.17. The zero-order chi connectivity index (χ0) is 17.2. The normalized spacial score (nSPS) is 31.8. The van der Waals surface area contributed by atoms with Gasteiger partial charge < -0.3 is 9.47 Å². The molecule has 0 radical (unpaired) electrons. The molecule has 3 atom stereocenters. The lowest BCUT2D eigenvalue weighted by Gasteiger charge is -2.45. The maximum atomic E-state index is 6.08. The molecule has 3 fully saturated rings. The highest BCUT2D eigenvalue weighted by atomic mass is 16.5. The molecule has 2 saturated carbocycles. The molecule has 25 heavy (non-hydrogen) atoms. The van der Waals surface area contributed by atoms with Gasteiger partial charge in [-0.2, -0.15) is 5.10 Å². The van der Waals surface area contributed by atoms with Crippen LogP contribution >= 0.6 is 0 Å². The van der Waals surface area contributed by atoms with E-state index < -0.39 is 0 Å². The summed E-state index contributed by atoms with van der Waals surface area (Å²) in [5, 5.41) is 4.87. The maximum absolute atomic E-state index is 6.08. The first kappa shape index (κ1) is 17.5. The number of rotatable bonds is 4. The molecule has 5 heteroatoms. The Hall–Kier alpha value is -0.910. The monoisotopic (exact) mass is 347 g/mol. The molecule has 0 amide bonds. The van der Waals surface area contributed by atoms with Crippen LogP contribution < -0.4 is 0 Å². The van der Waals surface area contributed by atoms with E-state index in [2.05, 4.69) is 18.1 Å². The second-order valence-corrected chi connectivity index (χ2v) is 8.17. The smallest absolute Gasteiger partial charge is 0.0732 e. The lowest BCUT2D eigenvalue weighted by Crippen LogP contribution is -2.54. The van der Waals surface area contributed by atoms with Crippen LogP contribution in [0.15, 0.2) is 6.20 Å². The van der Waals surface area contributed by atoms with Crippen LogP contribution in [-0.2, 0) is 23.1 Å². The average Bonchev–Trinajstić information content (AvgIpc) is 3.02. The summed E-state index contributed by atoms with van der Waals surface area (Å²) in [6.45, 7) is 2.90. The molecule has 0 N–H and O–H groups in total. The van der Waals surface area contributed by atoms with Crippen LogP contribution in [0.1, 0.15) is 68.5 Å². The van der Waals surface area contributed by atoms with Gasteiger partial charge in [-0.3, -0.25) is 9.58 Å². The van der Waals surface area contributed by atoms with Gasteiger partial charge >= 0.3 is 0 Å². The van der Waals surface area contributed by atoms with Crippen molar-refractivity contribution < 1.29 is 9.47 Å². The quantitative estimate of drug-likeness (QED) is 0.838. The maximum Gasteiger partial charge on any atom is 0.0732 e. The van der Waals surface area contributed by atoms with Gasteiger partial charge in [0.15, 0.2) is 0 Å². The summed E-state index contributed by atoms with van der Waals surface area (Å²) in [5.41, 5.74) is 2.80. The Labute approximate surface area is 151 Å². The Morgan fingerprint density at radius 1 is 1.20 bits per heavy atom. The molecule has 0 aromatic carbocycles. The molecular weight excluding hydrogens is 314 g/mol. The summed E-state index contributed by atoms with van der Waals surface area (Å²) in [6, 6.07) is 0.492. The first-order valence-corrected chi connectivity index (χ1v) is 10.2. The van der Waals surface area contributed by atoms with E-state index in [1.54, 1.807) is 0 Å². The predicted molar refractivity (Wildman–Crippen MR) is 97.6 cm³/mol. The molecule has 0 unspecified atom stereocenters. The van der Waals surface area contributed by atoms with Crippen LogP contribution in [0.5, 0.6) is 0 Å². The van der Waals surface area contributed by atoms with Crippen molar-refractivity contribution in [3.8, 4) is 0 Å². The Kier molecular flexibility index (Phi) is 5.44. The largest absolute Gasteiger partial charge is 0.381 e. The van der Waals surface area contributed by atoms with Crippen molar-refractivity contribution in [2.75, 3.05) is 20.3 Å². The van der Waals surface area contributed by atoms with Crippen LogP contribution in [0.3, 0.4) is 0 Å². The summed E-state index contributed by atoms with van der Waals surface area (Å²) >= 11 is 0. The molecule has 2 heterocycles. The minimum absolute atomic E-state index is 0.384. The molecule has 1 saturated heterocycles. The number of hydrogen-bond donors (Lipinski definition) is 0. The second kappa shape index (κ2) is 7.77. The average molecular weight is 348 g/mol. The van der Waals surface area contributed by atoms with Gasteiger partial charge in [-0.15, -0.1) is 0 Å². The van der Waals surface area contributed by atoms with Crippen LogP contribution in [-0.4, -0.2) is 53.2 Å². The number of morpholine rings is 1. The Bertz CT molecular complexity index is 567. The number of fused-ring (bicyclic) bond motifs is 1.